The molecule has 0 heterocycles. The molecule has 0 spiro atoms. The number of esters is 1. The van der Waals surface area contributed by atoms with E-state index in [-0.39, 0.29) is 5.69 Å². The number of hydrogen-bond donors (Lipinski definition) is 1. The van der Waals surface area contributed by atoms with Gasteiger partial charge in [-0.1, -0.05) is 30.3 Å². The van der Waals surface area contributed by atoms with Gasteiger partial charge in [0.2, 0.25) is 11.8 Å². The highest BCUT2D eigenvalue weighted by molar-refractivity contribution is 6.00. The van der Waals surface area contributed by atoms with Gasteiger partial charge in [0, 0.05) is 13.0 Å². The first-order valence-corrected chi connectivity index (χ1v) is 9.73. The van der Waals surface area contributed by atoms with E-state index in [0.29, 0.717) is 11.6 Å². The molecule has 0 bridgehead atoms. The summed E-state index contributed by atoms with van der Waals surface area (Å²) in [5, 5.41) is 2.59. The summed E-state index contributed by atoms with van der Waals surface area (Å²) in [4.78, 5) is 38.9. The quantitative estimate of drug-likeness (QED) is 0.703. The van der Waals surface area contributed by atoms with Crippen molar-refractivity contribution in [2.45, 2.75) is 52.3 Å². The van der Waals surface area contributed by atoms with Crippen LogP contribution in [0.5, 0.6) is 0 Å². The first kappa shape index (κ1) is 24.0. The van der Waals surface area contributed by atoms with Crippen LogP contribution in [-0.2, 0) is 19.1 Å². The zero-order valence-corrected chi connectivity index (χ0v) is 18.1. The van der Waals surface area contributed by atoms with Crippen LogP contribution < -0.4 is 10.2 Å². The normalized spacial score (nSPS) is 13.1. The molecule has 0 aliphatic heterocycles. The number of nitrogens with one attached hydrogen (secondary N) is 1. The van der Waals surface area contributed by atoms with Crippen molar-refractivity contribution < 1.29 is 27.9 Å². The Balaban J connectivity index is 2.34. The predicted octanol–water partition coefficient (Wildman–Crippen LogP) is 3.91. The van der Waals surface area contributed by atoms with Crippen LogP contribution in [0.2, 0.25) is 0 Å². The van der Waals surface area contributed by atoms with Crippen LogP contribution in [0.3, 0.4) is 0 Å². The van der Waals surface area contributed by atoms with E-state index in [4.69, 9.17) is 4.74 Å². The predicted molar refractivity (Wildman–Crippen MR) is 112 cm³/mol. The van der Waals surface area contributed by atoms with Gasteiger partial charge in [-0.25, -0.2) is 13.6 Å². The highest BCUT2D eigenvalue weighted by Crippen LogP contribution is 2.23. The molecule has 0 radical (unpaired) electrons. The van der Waals surface area contributed by atoms with Crippen LogP contribution in [0, 0.1) is 11.6 Å². The van der Waals surface area contributed by atoms with E-state index in [2.05, 4.69) is 5.32 Å². The third-order valence-electron chi connectivity index (χ3n) is 4.29. The van der Waals surface area contributed by atoms with Crippen molar-refractivity contribution in [1.82, 2.24) is 5.32 Å². The number of carbonyl (C=O) groups excluding carboxylic acids is 3. The second kappa shape index (κ2) is 9.68. The third kappa shape index (κ3) is 6.60. The van der Waals surface area contributed by atoms with Gasteiger partial charge < -0.3 is 15.0 Å². The summed E-state index contributed by atoms with van der Waals surface area (Å²) < 4.78 is 32.8. The summed E-state index contributed by atoms with van der Waals surface area (Å²) in [5.74, 6) is -3.74. The lowest BCUT2D eigenvalue weighted by atomic mass is 10.1. The van der Waals surface area contributed by atoms with Crippen molar-refractivity contribution in [2.24, 2.45) is 0 Å². The fraction of sp³-hybridized carbons (Fsp3) is 0.348. The minimum absolute atomic E-state index is 0.110. The van der Waals surface area contributed by atoms with Crippen molar-refractivity contribution in [2.75, 3.05) is 4.90 Å². The molecule has 2 unspecified atom stereocenters. The number of amides is 2. The number of anilines is 1. The molecule has 2 aromatic rings. The number of nitrogens with zero attached hydrogens (tertiary/aromatic N) is 1. The third-order valence-corrected chi connectivity index (χ3v) is 4.29. The molecule has 0 fully saturated rings. The van der Waals surface area contributed by atoms with Crippen molar-refractivity contribution in [3.8, 4) is 0 Å². The Hall–Kier alpha value is -3.29. The second-order valence-electron chi connectivity index (χ2n) is 8.08. The molecule has 2 aromatic carbocycles. The van der Waals surface area contributed by atoms with Gasteiger partial charge in [-0.05, 0) is 45.4 Å². The first-order valence-electron chi connectivity index (χ1n) is 9.73. The van der Waals surface area contributed by atoms with Crippen LogP contribution in [-0.4, -0.2) is 29.4 Å². The van der Waals surface area contributed by atoms with Crippen LogP contribution >= 0.6 is 0 Å². The second-order valence-corrected chi connectivity index (χ2v) is 8.08. The maximum Gasteiger partial charge on any atom is 0.333 e. The van der Waals surface area contributed by atoms with Gasteiger partial charge in [-0.2, -0.15) is 0 Å². The molecule has 31 heavy (non-hydrogen) atoms. The molecule has 0 saturated carbocycles. The maximum atomic E-state index is 13.7. The highest BCUT2D eigenvalue weighted by Gasteiger charge is 2.32. The summed E-state index contributed by atoms with van der Waals surface area (Å²) in [6.07, 6.45) is 0. The molecule has 166 valence electrons. The van der Waals surface area contributed by atoms with E-state index in [1.807, 2.05) is 0 Å². The van der Waals surface area contributed by atoms with Crippen molar-refractivity contribution in [3.63, 3.8) is 0 Å². The van der Waals surface area contributed by atoms with Crippen molar-refractivity contribution >= 4 is 23.5 Å². The molecule has 0 saturated heterocycles. The summed E-state index contributed by atoms with van der Waals surface area (Å²) in [7, 11) is 0. The van der Waals surface area contributed by atoms with E-state index in [0.717, 1.165) is 17.0 Å². The van der Waals surface area contributed by atoms with Crippen LogP contribution in [0.25, 0.3) is 0 Å². The molecule has 1 N–H and O–H groups in total. The molecule has 0 aliphatic carbocycles. The topological polar surface area (TPSA) is 75.7 Å². The molecule has 0 aliphatic rings. The Labute approximate surface area is 180 Å². The first-order chi connectivity index (χ1) is 14.4. The van der Waals surface area contributed by atoms with Crippen molar-refractivity contribution in [3.05, 3.63) is 65.7 Å². The molecule has 2 amide bonds. The average molecular weight is 432 g/mol. The van der Waals surface area contributed by atoms with Crippen LogP contribution in [0.4, 0.5) is 14.5 Å². The fourth-order valence-corrected chi connectivity index (χ4v) is 3.02. The van der Waals surface area contributed by atoms with Gasteiger partial charge in [0.1, 0.15) is 23.3 Å². The van der Waals surface area contributed by atoms with Gasteiger partial charge in [0.15, 0.2) is 6.04 Å². The Morgan fingerprint density at radius 1 is 1.00 bits per heavy atom. The zero-order valence-electron chi connectivity index (χ0n) is 18.1. The maximum absolute atomic E-state index is 13.7. The van der Waals surface area contributed by atoms with Gasteiger partial charge in [0.05, 0.1) is 5.69 Å². The number of benzene rings is 2. The minimum atomic E-state index is -1.16. The van der Waals surface area contributed by atoms with Gasteiger partial charge in [0.25, 0.3) is 0 Å². The summed E-state index contributed by atoms with van der Waals surface area (Å²) in [5.41, 5.74) is -0.407. The Bertz CT molecular complexity index is 938. The van der Waals surface area contributed by atoms with E-state index in [1.165, 1.54) is 13.8 Å². The van der Waals surface area contributed by atoms with E-state index < -0.39 is 47.1 Å². The lowest BCUT2D eigenvalue weighted by Gasteiger charge is -2.30. The van der Waals surface area contributed by atoms with E-state index in [1.54, 1.807) is 51.1 Å². The summed E-state index contributed by atoms with van der Waals surface area (Å²) >= 11 is 0. The standard InChI is InChI=1S/C23H26F2N2O4/c1-14(27(15(2)28)19-12-17(24)11-18(25)13-19)21(29)26-20(16-9-7-6-8-10-16)22(30)31-23(3,4)5/h6-14,20H,1-5H3,(H,26,29). The van der Waals surface area contributed by atoms with E-state index >= 15 is 0 Å². The molecule has 6 nitrogen and oxygen atoms in total. The van der Waals surface area contributed by atoms with Crippen LogP contribution in [0.1, 0.15) is 46.2 Å². The van der Waals surface area contributed by atoms with Gasteiger partial charge in [-0.15, -0.1) is 0 Å². The molecule has 0 aromatic heterocycles. The molecule has 8 heteroatoms. The monoisotopic (exact) mass is 432 g/mol. The van der Waals surface area contributed by atoms with Crippen LogP contribution in [0.15, 0.2) is 48.5 Å². The lowest BCUT2D eigenvalue weighted by Crippen LogP contribution is -2.50. The number of halogens is 2. The lowest BCUT2D eigenvalue weighted by molar-refractivity contribution is -0.159. The average Bonchev–Trinajstić information content (AvgIpc) is 2.64. The number of ether oxygens (including phenoxy) is 1. The summed E-state index contributed by atoms with van der Waals surface area (Å²) in [6.45, 7) is 7.68. The van der Waals surface area contributed by atoms with Gasteiger partial charge >= 0.3 is 5.97 Å². The summed E-state index contributed by atoms with van der Waals surface area (Å²) in [6, 6.07) is 8.78. The number of rotatable bonds is 6. The number of hydrogen-bond acceptors (Lipinski definition) is 4. The van der Waals surface area contributed by atoms with Crippen molar-refractivity contribution in [1.29, 1.82) is 0 Å². The Kier molecular flexibility index (Phi) is 7.49. The zero-order chi connectivity index (χ0) is 23.3. The number of carbonyl (C=O) groups is 3. The highest BCUT2D eigenvalue weighted by atomic mass is 19.1. The van der Waals surface area contributed by atoms with E-state index in [9.17, 15) is 23.2 Å². The molecule has 2 rings (SSSR count). The molecule has 2 atom stereocenters. The molecular weight excluding hydrogens is 406 g/mol. The van der Waals surface area contributed by atoms with Gasteiger partial charge in [-0.3, -0.25) is 9.59 Å². The fourth-order valence-electron chi connectivity index (χ4n) is 3.02. The molecular formula is C23H26F2N2O4. The minimum Gasteiger partial charge on any atom is -0.458 e. The largest absolute Gasteiger partial charge is 0.458 e. The SMILES string of the molecule is CC(=O)N(c1cc(F)cc(F)c1)C(C)C(=O)NC(C(=O)OC(C)(C)C)c1ccccc1. The Morgan fingerprint density at radius 2 is 1.55 bits per heavy atom. The smallest absolute Gasteiger partial charge is 0.333 e. The Morgan fingerprint density at radius 3 is 2.03 bits per heavy atom.